The van der Waals surface area contributed by atoms with Crippen molar-refractivity contribution in [2.45, 2.75) is 6.92 Å². The Hall–Kier alpha value is -1.81. The molecule has 0 heterocycles. The summed E-state index contributed by atoms with van der Waals surface area (Å²) in [6.07, 6.45) is 0. The highest BCUT2D eigenvalue weighted by Gasteiger charge is 2.09. The number of nitrogens with one attached hydrogen (secondary N) is 1. The fourth-order valence-electron chi connectivity index (χ4n) is 1.53. The highest BCUT2D eigenvalue weighted by Crippen LogP contribution is 2.22. The van der Waals surface area contributed by atoms with Crippen LogP contribution in [-0.2, 0) is 0 Å². The van der Waals surface area contributed by atoms with Crippen molar-refractivity contribution in [2.24, 2.45) is 0 Å². The fourth-order valence-corrected chi connectivity index (χ4v) is 2.00. The second kappa shape index (κ2) is 5.23. The number of carbonyl (C=O) groups is 1. The second-order valence-corrected chi connectivity index (χ2v) is 4.79. The van der Waals surface area contributed by atoms with Gasteiger partial charge in [-0.1, -0.05) is 18.2 Å². The van der Waals surface area contributed by atoms with Crippen molar-refractivity contribution in [1.82, 2.24) is 0 Å². The van der Waals surface area contributed by atoms with Crippen molar-refractivity contribution in [1.29, 1.82) is 0 Å². The Kier molecular flexibility index (Phi) is 3.67. The lowest BCUT2D eigenvalue weighted by Gasteiger charge is -2.08. The van der Waals surface area contributed by atoms with E-state index in [-0.39, 0.29) is 11.7 Å². The molecule has 0 aliphatic rings. The highest BCUT2D eigenvalue weighted by molar-refractivity contribution is 9.10. The number of rotatable bonds is 2. The molecule has 92 valence electrons. The monoisotopic (exact) mass is 305 g/mol. The van der Waals surface area contributed by atoms with Gasteiger partial charge in [-0.25, -0.2) is 0 Å². The number of halogens is 1. The van der Waals surface area contributed by atoms with E-state index in [1.165, 1.54) is 6.07 Å². The molecule has 0 atom stereocenters. The third-order valence-electron chi connectivity index (χ3n) is 2.59. The van der Waals surface area contributed by atoms with Crippen LogP contribution in [0.25, 0.3) is 0 Å². The Labute approximate surface area is 114 Å². The van der Waals surface area contributed by atoms with Crippen LogP contribution < -0.4 is 5.32 Å². The maximum Gasteiger partial charge on any atom is 0.256 e. The van der Waals surface area contributed by atoms with Gasteiger partial charge in [0.1, 0.15) is 5.75 Å². The topological polar surface area (TPSA) is 49.3 Å². The molecule has 0 saturated heterocycles. The first-order valence-electron chi connectivity index (χ1n) is 5.43. The molecule has 2 N–H and O–H groups in total. The minimum atomic E-state index is -0.217. The van der Waals surface area contributed by atoms with Crippen molar-refractivity contribution in [3.8, 4) is 5.75 Å². The molecule has 0 fully saturated rings. The van der Waals surface area contributed by atoms with Crippen molar-refractivity contribution in [2.75, 3.05) is 5.32 Å². The molecule has 0 bridgehead atoms. The molecule has 0 spiro atoms. The summed E-state index contributed by atoms with van der Waals surface area (Å²) < 4.78 is 0.735. The van der Waals surface area contributed by atoms with Crippen molar-refractivity contribution in [3.63, 3.8) is 0 Å². The minimum absolute atomic E-state index is 0.167. The number of phenols is 1. The van der Waals surface area contributed by atoms with Crippen LogP contribution in [0, 0.1) is 6.92 Å². The maximum atomic E-state index is 12.0. The number of amides is 1. The van der Waals surface area contributed by atoms with E-state index in [0.717, 1.165) is 10.0 Å². The van der Waals surface area contributed by atoms with E-state index in [4.69, 9.17) is 0 Å². The molecule has 3 nitrogen and oxygen atoms in total. The molecular formula is C14H12BrNO2. The molecule has 0 saturated carbocycles. The predicted octanol–water partition coefficient (Wildman–Crippen LogP) is 3.72. The Morgan fingerprint density at radius 2 is 1.94 bits per heavy atom. The number of aryl methyl sites for hydroxylation is 1. The first-order chi connectivity index (χ1) is 8.58. The van der Waals surface area contributed by atoms with Gasteiger partial charge in [0.05, 0.1) is 5.56 Å². The zero-order valence-electron chi connectivity index (χ0n) is 9.77. The van der Waals surface area contributed by atoms with Crippen LogP contribution in [0.5, 0.6) is 5.75 Å². The van der Waals surface area contributed by atoms with Crippen LogP contribution in [0.1, 0.15) is 15.9 Å². The summed E-state index contributed by atoms with van der Waals surface area (Å²) in [5, 5.41) is 12.3. The van der Waals surface area contributed by atoms with Gasteiger partial charge >= 0.3 is 0 Å². The van der Waals surface area contributed by atoms with Crippen molar-refractivity contribution >= 4 is 27.5 Å². The van der Waals surface area contributed by atoms with E-state index in [2.05, 4.69) is 21.2 Å². The lowest BCUT2D eigenvalue weighted by Crippen LogP contribution is -2.12. The van der Waals surface area contributed by atoms with E-state index >= 15 is 0 Å². The zero-order valence-corrected chi connectivity index (χ0v) is 11.4. The van der Waals surface area contributed by atoms with Crippen LogP contribution >= 0.6 is 15.9 Å². The molecular weight excluding hydrogens is 294 g/mol. The standard InChI is InChI=1S/C14H12BrNO2/c1-9-6-7-10(8-13(9)17)16-14(18)11-4-2-3-5-12(11)15/h2-8,17H,1H3,(H,16,18). The molecule has 0 radical (unpaired) electrons. The van der Waals surface area contributed by atoms with Gasteiger partial charge in [-0.3, -0.25) is 4.79 Å². The molecule has 4 heteroatoms. The number of anilines is 1. The van der Waals surface area contributed by atoms with Gasteiger partial charge in [0.15, 0.2) is 0 Å². The van der Waals surface area contributed by atoms with Crippen LogP contribution in [-0.4, -0.2) is 11.0 Å². The third-order valence-corrected chi connectivity index (χ3v) is 3.28. The summed E-state index contributed by atoms with van der Waals surface area (Å²) in [5.74, 6) is -0.0503. The number of aromatic hydroxyl groups is 1. The number of benzene rings is 2. The van der Waals surface area contributed by atoms with Gasteiger partial charge in [0.25, 0.3) is 5.91 Å². The van der Waals surface area contributed by atoms with Crippen molar-refractivity contribution < 1.29 is 9.90 Å². The lowest BCUT2D eigenvalue weighted by atomic mass is 10.2. The first-order valence-corrected chi connectivity index (χ1v) is 6.23. The Bertz CT molecular complexity index is 596. The van der Waals surface area contributed by atoms with E-state index in [1.54, 1.807) is 31.2 Å². The molecule has 0 aliphatic carbocycles. The summed E-state index contributed by atoms with van der Waals surface area (Å²) in [6, 6.07) is 12.2. The van der Waals surface area contributed by atoms with Crippen LogP contribution in [0.2, 0.25) is 0 Å². The largest absolute Gasteiger partial charge is 0.508 e. The molecule has 2 rings (SSSR count). The highest BCUT2D eigenvalue weighted by atomic mass is 79.9. The smallest absolute Gasteiger partial charge is 0.256 e. The van der Waals surface area contributed by atoms with Gasteiger partial charge in [0, 0.05) is 16.2 Å². The minimum Gasteiger partial charge on any atom is -0.508 e. The lowest BCUT2D eigenvalue weighted by molar-refractivity contribution is 0.102. The van der Waals surface area contributed by atoms with Crippen LogP contribution in [0.15, 0.2) is 46.9 Å². The summed E-state index contributed by atoms with van der Waals surface area (Å²) in [6.45, 7) is 1.80. The Morgan fingerprint density at radius 1 is 1.22 bits per heavy atom. The van der Waals surface area contributed by atoms with Gasteiger partial charge in [-0.15, -0.1) is 0 Å². The van der Waals surface area contributed by atoms with Gasteiger partial charge < -0.3 is 10.4 Å². The molecule has 2 aromatic carbocycles. The Morgan fingerprint density at radius 3 is 2.61 bits per heavy atom. The van der Waals surface area contributed by atoms with Crippen LogP contribution in [0.3, 0.4) is 0 Å². The summed E-state index contributed by atoms with van der Waals surface area (Å²) in [4.78, 5) is 12.0. The summed E-state index contributed by atoms with van der Waals surface area (Å²) in [5.41, 5.74) is 1.89. The molecule has 0 aromatic heterocycles. The third kappa shape index (κ3) is 2.71. The quantitative estimate of drug-likeness (QED) is 0.888. The fraction of sp³-hybridized carbons (Fsp3) is 0.0714. The van der Waals surface area contributed by atoms with Gasteiger partial charge in [0.2, 0.25) is 0 Å². The summed E-state index contributed by atoms with van der Waals surface area (Å²) in [7, 11) is 0. The number of carbonyl (C=O) groups excluding carboxylic acids is 1. The molecule has 0 unspecified atom stereocenters. The van der Waals surface area contributed by atoms with Crippen molar-refractivity contribution in [3.05, 3.63) is 58.1 Å². The molecule has 2 aromatic rings. The molecule has 1 amide bonds. The molecule has 0 aliphatic heterocycles. The summed E-state index contributed by atoms with van der Waals surface area (Å²) >= 11 is 3.33. The first kappa shape index (κ1) is 12.6. The average molecular weight is 306 g/mol. The van der Waals surface area contributed by atoms with Crippen LogP contribution in [0.4, 0.5) is 5.69 Å². The zero-order chi connectivity index (χ0) is 13.1. The maximum absolute atomic E-state index is 12.0. The average Bonchev–Trinajstić information content (AvgIpc) is 2.34. The number of phenolic OH excluding ortho intramolecular Hbond substituents is 1. The van der Waals surface area contributed by atoms with Gasteiger partial charge in [-0.2, -0.15) is 0 Å². The normalized spacial score (nSPS) is 10.1. The van der Waals surface area contributed by atoms with E-state index in [1.807, 2.05) is 12.1 Å². The van der Waals surface area contributed by atoms with E-state index in [0.29, 0.717) is 11.3 Å². The SMILES string of the molecule is Cc1ccc(NC(=O)c2ccccc2Br)cc1O. The molecule has 18 heavy (non-hydrogen) atoms. The second-order valence-electron chi connectivity index (χ2n) is 3.94. The predicted molar refractivity (Wildman–Crippen MR) is 74.9 cm³/mol. The number of hydrogen-bond donors (Lipinski definition) is 2. The van der Waals surface area contributed by atoms with E-state index in [9.17, 15) is 9.90 Å². The number of hydrogen-bond acceptors (Lipinski definition) is 2. The van der Waals surface area contributed by atoms with Gasteiger partial charge in [-0.05, 0) is 46.6 Å². The Balaban J connectivity index is 2.22. The van der Waals surface area contributed by atoms with E-state index < -0.39 is 0 Å².